The zero-order valence-electron chi connectivity index (χ0n) is 9.60. The Labute approximate surface area is 112 Å². The summed E-state index contributed by atoms with van der Waals surface area (Å²) in [5.74, 6) is 1.33. The molecule has 0 bridgehead atoms. The average Bonchev–Trinajstić information content (AvgIpc) is 2.76. The summed E-state index contributed by atoms with van der Waals surface area (Å²) in [7, 11) is 0. The van der Waals surface area contributed by atoms with Crippen molar-refractivity contribution in [2.75, 3.05) is 13.4 Å². The molecular formula is C11H11BrN2O4. The van der Waals surface area contributed by atoms with Crippen molar-refractivity contribution in [2.45, 2.75) is 6.92 Å². The van der Waals surface area contributed by atoms with E-state index in [4.69, 9.17) is 9.47 Å². The maximum Gasteiger partial charge on any atom is 0.427 e. The molecule has 18 heavy (non-hydrogen) atoms. The zero-order chi connectivity index (χ0) is 13.0. The predicted molar refractivity (Wildman–Crippen MR) is 68.0 cm³/mol. The summed E-state index contributed by atoms with van der Waals surface area (Å²) in [4.78, 5) is 11.0. The smallest absolute Gasteiger partial charge is 0.427 e. The van der Waals surface area contributed by atoms with E-state index in [1.165, 1.54) is 6.21 Å². The minimum Gasteiger partial charge on any atom is -0.454 e. The van der Waals surface area contributed by atoms with Crippen molar-refractivity contribution in [1.82, 2.24) is 5.43 Å². The van der Waals surface area contributed by atoms with Crippen LogP contribution in [0.15, 0.2) is 21.7 Å². The lowest BCUT2D eigenvalue weighted by molar-refractivity contribution is 0.152. The van der Waals surface area contributed by atoms with Crippen LogP contribution in [-0.4, -0.2) is 25.7 Å². The summed E-state index contributed by atoms with van der Waals surface area (Å²) < 4.78 is 15.9. The summed E-state index contributed by atoms with van der Waals surface area (Å²) in [5, 5.41) is 3.77. The van der Waals surface area contributed by atoms with E-state index in [0.717, 1.165) is 10.0 Å². The molecule has 1 aromatic carbocycles. The number of ether oxygens (including phenoxy) is 3. The molecule has 96 valence electrons. The quantitative estimate of drug-likeness (QED) is 0.686. The third-order valence-electron chi connectivity index (χ3n) is 2.13. The molecule has 0 atom stereocenters. The summed E-state index contributed by atoms with van der Waals surface area (Å²) in [5.41, 5.74) is 3.00. The first-order chi connectivity index (χ1) is 8.70. The summed E-state index contributed by atoms with van der Waals surface area (Å²) in [6.45, 7) is 2.23. The normalized spacial score (nSPS) is 12.8. The predicted octanol–water partition coefficient (Wildman–Crippen LogP) is 2.26. The van der Waals surface area contributed by atoms with Crippen LogP contribution in [-0.2, 0) is 4.74 Å². The Morgan fingerprint density at radius 3 is 3.00 bits per heavy atom. The van der Waals surface area contributed by atoms with Crippen LogP contribution in [0.4, 0.5) is 4.79 Å². The van der Waals surface area contributed by atoms with E-state index in [-0.39, 0.29) is 6.79 Å². The van der Waals surface area contributed by atoms with E-state index in [9.17, 15) is 4.79 Å². The molecule has 6 nitrogen and oxygen atoms in total. The Bertz CT molecular complexity index is 490. The van der Waals surface area contributed by atoms with E-state index >= 15 is 0 Å². The SMILES string of the molecule is CCOC(=O)NN=Cc1cc2c(cc1Br)OCO2. The fraction of sp³-hybridized carbons (Fsp3) is 0.273. The van der Waals surface area contributed by atoms with Crippen molar-refractivity contribution < 1.29 is 19.0 Å². The number of carbonyl (C=O) groups is 1. The maximum absolute atomic E-state index is 11.0. The number of fused-ring (bicyclic) bond motifs is 1. The number of benzene rings is 1. The average molecular weight is 315 g/mol. The lowest BCUT2D eigenvalue weighted by Crippen LogP contribution is -2.18. The lowest BCUT2D eigenvalue weighted by atomic mass is 10.2. The minimum absolute atomic E-state index is 0.212. The minimum atomic E-state index is -0.592. The van der Waals surface area contributed by atoms with Gasteiger partial charge in [-0.2, -0.15) is 5.10 Å². The largest absolute Gasteiger partial charge is 0.454 e. The number of halogens is 1. The molecular weight excluding hydrogens is 304 g/mol. The van der Waals surface area contributed by atoms with Gasteiger partial charge in [-0.15, -0.1) is 0 Å². The van der Waals surface area contributed by atoms with Crippen molar-refractivity contribution in [2.24, 2.45) is 5.10 Å². The Kier molecular flexibility index (Phi) is 4.03. The molecule has 2 rings (SSSR count). The van der Waals surface area contributed by atoms with Crippen LogP contribution < -0.4 is 14.9 Å². The topological polar surface area (TPSA) is 69.2 Å². The molecule has 0 aromatic heterocycles. The number of amides is 1. The number of hydrogen-bond acceptors (Lipinski definition) is 5. The zero-order valence-corrected chi connectivity index (χ0v) is 11.2. The van der Waals surface area contributed by atoms with E-state index in [2.05, 4.69) is 31.2 Å². The maximum atomic E-state index is 11.0. The van der Waals surface area contributed by atoms with Gasteiger partial charge in [0, 0.05) is 10.0 Å². The molecule has 1 amide bonds. The Balaban J connectivity index is 2.05. The second kappa shape index (κ2) is 5.72. The highest BCUT2D eigenvalue weighted by Gasteiger charge is 2.15. The fourth-order valence-corrected chi connectivity index (χ4v) is 1.77. The molecule has 1 N–H and O–H groups in total. The van der Waals surface area contributed by atoms with Gasteiger partial charge in [0.05, 0.1) is 12.8 Å². The van der Waals surface area contributed by atoms with Crippen LogP contribution in [0.5, 0.6) is 11.5 Å². The van der Waals surface area contributed by atoms with Crippen LogP contribution in [0.2, 0.25) is 0 Å². The van der Waals surface area contributed by atoms with E-state index in [1.807, 2.05) is 0 Å². The number of rotatable bonds is 3. The Morgan fingerprint density at radius 2 is 2.28 bits per heavy atom. The lowest BCUT2D eigenvalue weighted by Gasteiger charge is -2.02. The third kappa shape index (κ3) is 2.92. The number of hydrogen-bond donors (Lipinski definition) is 1. The molecule has 1 heterocycles. The Morgan fingerprint density at radius 1 is 1.56 bits per heavy atom. The number of nitrogens with zero attached hydrogens (tertiary/aromatic N) is 1. The van der Waals surface area contributed by atoms with Crippen molar-refractivity contribution in [3.05, 3.63) is 22.2 Å². The van der Waals surface area contributed by atoms with Crippen molar-refractivity contribution in [1.29, 1.82) is 0 Å². The standard InChI is InChI=1S/C11H11BrN2O4/c1-2-16-11(15)14-13-5-7-3-9-10(4-8(7)12)18-6-17-9/h3-5H,2,6H2,1H3,(H,14,15). The monoisotopic (exact) mass is 314 g/mol. The first kappa shape index (κ1) is 12.7. The fourth-order valence-electron chi connectivity index (χ4n) is 1.35. The third-order valence-corrected chi connectivity index (χ3v) is 2.81. The highest BCUT2D eigenvalue weighted by atomic mass is 79.9. The molecule has 0 radical (unpaired) electrons. The highest BCUT2D eigenvalue weighted by Crippen LogP contribution is 2.36. The second-order valence-corrected chi connectivity index (χ2v) is 4.17. The summed E-state index contributed by atoms with van der Waals surface area (Å²) in [6.07, 6.45) is 0.897. The van der Waals surface area contributed by atoms with Crippen LogP contribution in [0.3, 0.4) is 0 Å². The van der Waals surface area contributed by atoms with Crippen LogP contribution >= 0.6 is 15.9 Å². The molecule has 1 aliphatic heterocycles. The van der Waals surface area contributed by atoms with E-state index < -0.39 is 6.09 Å². The molecule has 0 spiro atoms. The summed E-state index contributed by atoms with van der Waals surface area (Å²) >= 11 is 3.38. The molecule has 1 aromatic rings. The van der Waals surface area contributed by atoms with Gasteiger partial charge in [0.1, 0.15) is 0 Å². The van der Waals surface area contributed by atoms with Gasteiger partial charge < -0.3 is 14.2 Å². The Hall–Kier alpha value is -1.76. The summed E-state index contributed by atoms with van der Waals surface area (Å²) in [6, 6.07) is 3.55. The number of carbonyl (C=O) groups excluding carboxylic acids is 1. The van der Waals surface area contributed by atoms with Gasteiger partial charge in [-0.3, -0.25) is 0 Å². The molecule has 0 saturated carbocycles. The molecule has 1 aliphatic rings. The molecule has 0 aliphatic carbocycles. The van der Waals surface area contributed by atoms with Crippen LogP contribution in [0.1, 0.15) is 12.5 Å². The first-order valence-electron chi connectivity index (χ1n) is 5.25. The second-order valence-electron chi connectivity index (χ2n) is 3.32. The molecule has 0 unspecified atom stereocenters. The number of nitrogens with one attached hydrogen (secondary N) is 1. The van der Waals surface area contributed by atoms with Gasteiger partial charge in [-0.25, -0.2) is 10.2 Å². The van der Waals surface area contributed by atoms with Gasteiger partial charge >= 0.3 is 6.09 Å². The van der Waals surface area contributed by atoms with Gasteiger partial charge in [0.15, 0.2) is 11.5 Å². The highest BCUT2D eigenvalue weighted by molar-refractivity contribution is 9.10. The molecule has 0 fully saturated rings. The van der Waals surface area contributed by atoms with Crippen LogP contribution in [0, 0.1) is 0 Å². The van der Waals surface area contributed by atoms with Crippen LogP contribution in [0.25, 0.3) is 0 Å². The molecule has 7 heteroatoms. The van der Waals surface area contributed by atoms with Crippen molar-refractivity contribution in [3.63, 3.8) is 0 Å². The van der Waals surface area contributed by atoms with Gasteiger partial charge in [0.25, 0.3) is 0 Å². The van der Waals surface area contributed by atoms with Gasteiger partial charge in [0.2, 0.25) is 6.79 Å². The molecule has 0 saturated heterocycles. The van der Waals surface area contributed by atoms with Crippen molar-refractivity contribution in [3.8, 4) is 11.5 Å². The van der Waals surface area contributed by atoms with E-state index in [0.29, 0.717) is 18.1 Å². The van der Waals surface area contributed by atoms with Gasteiger partial charge in [-0.05, 0) is 35.0 Å². The number of hydrazone groups is 1. The van der Waals surface area contributed by atoms with Gasteiger partial charge in [-0.1, -0.05) is 0 Å². The van der Waals surface area contributed by atoms with E-state index in [1.54, 1.807) is 19.1 Å². The van der Waals surface area contributed by atoms with Crippen molar-refractivity contribution >= 4 is 28.2 Å². The first-order valence-corrected chi connectivity index (χ1v) is 6.05.